The molecule has 2 aromatic heterocycles. The topological polar surface area (TPSA) is 37.9 Å². The fourth-order valence-electron chi connectivity index (χ4n) is 0.764. The second kappa shape index (κ2) is 3.16. The first-order chi connectivity index (χ1) is 5.84. The van der Waals surface area contributed by atoms with Gasteiger partial charge in [-0.1, -0.05) is 22.9 Å². The summed E-state index contributed by atoms with van der Waals surface area (Å²) in [7, 11) is 0. The van der Waals surface area contributed by atoms with E-state index in [1.165, 1.54) is 11.3 Å². The molecule has 2 rings (SSSR count). The monoisotopic (exact) mass is 200 g/mol. The van der Waals surface area contributed by atoms with Gasteiger partial charge in [-0.15, -0.1) is 0 Å². The summed E-state index contributed by atoms with van der Waals surface area (Å²) in [5.74, 6) is 0.688. The van der Waals surface area contributed by atoms with Crippen LogP contribution in [0, 0.1) is 0 Å². The number of nitrogens with zero attached hydrogens (tertiary/aromatic N) is 1. The highest BCUT2D eigenvalue weighted by Gasteiger charge is 2.00. The van der Waals surface area contributed by atoms with Crippen molar-refractivity contribution in [2.45, 2.75) is 0 Å². The fraction of sp³-hybridized carbons (Fsp3) is 0. The van der Waals surface area contributed by atoms with E-state index >= 15 is 0 Å². The molecule has 5 heteroatoms. The minimum atomic E-state index is 0.688. The molecule has 62 valence electrons. The van der Waals surface area contributed by atoms with Gasteiger partial charge in [0, 0.05) is 0 Å². The smallest absolute Gasteiger partial charge is 0.182 e. The predicted octanol–water partition coefficient (Wildman–Crippen LogP) is 2.92. The third-order valence-corrected chi connectivity index (χ3v) is 2.35. The van der Waals surface area contributed by atoms with Crippen LogP contribution in [0.2, 0.25) is 4.34 Å². The number of thiophene rings is 1. The summed E-state index contributed by atoms with van der Waals surface area (Å²) in [6.45, 7) is 0. The minimum absolute atomic E-state index is 0.688. The molecule has 2 aromatic rings. The molecule has 3 nitrogen and oxygen atoms in total. The Balaban J connectivity index is 2.14. The molecule has 0 unspecified atom stereocenters. The molecule has 0 radical (unpaired) electrons. The van der Waals surface area contributed by atoms with E-state index in [0.717, 1.165) is 5.06 Å². The molecule has 0 spiro atoms. The Morgan fingerprint density at radius 2 is 2.42 bits per heavy atom. The average molecular weight is 201 g/mol. The van der Waals surface area contributed by atoms with Crippen LogP contribution >= 0.6 is 22.9 Å². The molecule has 0 atom stereocenters. The van der Waals surface area contributed by atoms with Crippen molar-refractivity contribution in [3.63, 3.8) is 0 Å². The number of hydrogen-bond acceptors (Lipinski definition) is 3. The van der Waals surface area contributed by atoms with Crippen LogP contribution in [0.25, 0.3) is 0 Å². The summed E-state index contributed by atoms with van der Waals surface area (Å²) >= 11 is 7.10. The van der Waals surface area contributed by atoms with Gasteiger partial charge < -0.3 is 4.74 Å². The summed E-state index contributed by atoms with van der Waals surface area (Å²) in [6, 6.07) is 3.61. The molecular formula is C7H5ClN2OS. The van der Waals surface area contributed by atoms with Crippen molar-refractivity contribution in [2.75, 3.05) is 0 Å². The van der Waals surface area contributed by atoms with Gasteiger partial charge in [0.05, 0.1) is 16.7 Å². The molecule has 0 fully saturated rings. The molecule has 0 aliphatic carbocycles. The minimum Gasteiger partial charge on any atom is -0.443 e. The van der Waals surface area contributed by atoms with Gasteiger partial charge in [0.1, 0.15) is 0 Å². The van der Waals surface area contributed by atoms with Gasteiger partial charge in [0.25, 0.3) is 0 Å². The van der Waals surface area contributed by atoms with Gasteiger partial charge in [0.2, 0.25) is 0 Å². The highest BCUT2D eigenvalue weighted by Crippen LogP contribution is 2.31. The summed E-state index contributed by atoms with van der Waals surface area (Å²) in [5.41, 5.74) is 0. The number of hydrogen-bond donors (Lipinski definition) is 1. The maximum atomic E-state index is 5.72. The summed E-state index contributed by atoms with van der Waals surface area (Å²) in [5, 5.41) is 7.17. The first kappa shape index (κ1) is 7.64. The lowest BCUT2D eigenvalue weighted by Gasteiger charge is -1.95. The van der Waals surface area contributed by atoms with E-state index in [1.54, 1.807) is 18.5 Å². The van der Waals surface area contributed by atoms with Crippen LogP contribution in [0.15, 0.2) is 24.5 Å². The zero-order valence-electron chi connectivity index (χ0n) is 5.95. The van der Waals surface area contributed by atoms with Crippen molar-refractivity contribution in [2.24, 2.45) is 0 Å². The molecule has 0 bridgehead atoms. The Kier molecular flexibility index (Phi) is 2.01. The first-order valence-electron chi connectivity index (χ1n) is 3.26. The molecule has 0 amide bonds. The molecule has 0 aliphatic rings. The molecule has 0 saturated heterocycles. The average Bonchev–Trinajstić information content (AvgIpc) is 2.63. The molecule has 2 heterocycles. The lowest BCUT2D eigenvalue weighted by Crippen LogP contribution is -1.74. The van der Waals surface area contributed by atoms with Crippen molar-refractivity contribution < 1.29 is 4.74 Å². The Labute approximate surface area is 77.9 Å². The lowest BCUT2D eigenvalue weighted by atomic mass is 10.6. The number of nitrogens with one attached hydrogen (secondary N) is 1. The van der Waals surface area contributed by atoms with E-state index in [2.05, 4.69) is 10.2 Å². The first-order valence-corrected chi connectivity index (χ1v) is 4.46. The van der Waals surface area contributed by atoms with E-state index in [-0.39, 0.29) is 0 Å². The maximum Gasteiger partial charge on any atom is 0.182 e. The van der Waals surface area contributed by atoms with Crippen molar-refractivity contribution in [1.29, 1.82) is 0 Å². The Hall–Kier alpha value is -1.00. The molecule has 0 aromatic carbocycles. The number of aromatic amines is 1. The molecule has 0 saturated carbocycles. The van der Waals surface area contributed by atoms with Crippen LogP contribution in [0.4, 0.5) is 0 Å². The van der Waals surface area contributed by atoms with Crippen LogP contribution < -0.4 is 4.74 Å². The quantitative estimate of drug-likeness (QED) is 0.810. The van der Waals surface area contributed by atoms with E-state index in [1.807, 2.05) is 6.07 Å². The van der Waals surface area contributed by atoms with Gasteiger partial charge in [-0.3, -0.25) is 5.10 Å². The molecule has 0 aliphatic heterocycles. The molecule has 12 heavy (non-hydrogen) atoms. The van der Waals surface area contributed by atoms with E-state index < -0.39 is 0 Å². The number of H-pyrrole nitrogens is 1. The van der Waals surface area contributed by atoms with Crippen molar-refractivity contribution in [1.82, 2.24) is 10.2 Å². The summed E-state index contributed by atoms with van der Waals surface area (Å²) in [6.07, 6.45) is 3.28. The normalized spacial score (nSPS) is 10.1. The lowest BCUT2D eigenvalue weighted by molar-refractivity contribution is 0.497. The van der Waals surface area contributed by atoms with E-state index in [0.29, 0.717) is 10.1 Å². The summed E-state index contributed by atoms with van der Waals surface area (Å²) in [4.78, 5) is 0. The number of aromatic nitrogens is 2. The van der Waals surface area contributed by atoms with Gasteiger partial charge in [-0.05, 0) is 12.1 Å². The summed E-state index contributed by atoms with van der Waals surface area (Å²) < 4.78 is 6.10. The van der Waals surface area contributed by atoms with E-state index in [9.17, 15) is 0 Å². The van der Waals surface area contributed by atoms with Crippen molar-refractivity contribution in [3.8, 4) is 10.8 Å². The van der Waals surface area contributed by atoms with Crippen LogP contribution in [0.5, 0.6) is 10.8 Å². The van der Waals surface area contributed by atoms with Crippen molar-refractivity contribution >= 4 is 22.9 Å². The molecular weight excluding hydrogens is 196 g/mol. The predicted molar refractivity (Wildman–Crippen MR) is 48.0 cm³/mol. The Morgan fingerprint density at radius 1 is 1.50 bits per heavy atom. The highest BCUT2D eigenvalue weighted by atomic mass is 35.5. The SMILES string of the molecule is Clc1ccc(Oc2cn[nH]c2)s1. The van der Waals surface area contributed by atoms with Crippen LogP contribution in [0.3, 0.4) is 0 Å². The molecule has 1 N–H and O–H groups in total. The van der Waals surface area contributed by atoms with Gasteiger partial charge in [-0.25, -0.2) is 0 Å². The number of ether oxygens (including phenoxy) is 1. The van der Waals surface area contributed by atoms with Crippen LogP contribution in [-0.2, 0) is 0 Å². The van der Waals surface area contributed by atoms with Crippen LogP contribution in [0.1, 0.15) is 0 Å². The van der Waals surface area contributed by atoms with E-state index in [4.69, 9.17) is 16.3 Å². The van der Waals surface area contributed by atoms with Gasteiger partial charge in [-0.2, -0.15) is 5.10 Å². The van der Waals surface area contributed by atoms with Crippen LogP contribution in [-0.4, -0.2) is 10.2 Å². The third-order valence-electron chi connectivity index (χ3n) is 1.24. The standard InChI is InChI=1S/C7H5ClN2OS/c8-6-1-2-7(12-6)11-5-3-9-10-4-5/h1-4H,(H,9,10). The third kappa shape index (κ3) is 1.60. The Morgan fingerprint density at radius 3 is 3.00 bits per heavy atom. The number of halogens is 1. The highest BCUT2D eigenvalue weighted by molar-refractivity contribution is 7.17. The van der Waals surface area contributed by atoms with Gasteiger partial charge >= 0.3 is 0 Å². The zero-order valence-corrected chi connectivity index (χ0v) is 7.52. The van der Waals surface area contributed by atoms with Gasteiger partial charge in [0.15, 0.2) is 10.8 Å². The number of rotatable bonds is 2. The second-order valence-electron chi connectivity index (χ2n) is 2.09. The second-order valence-corrected chi connectivity index (χ2v) is 3.77. The maximum absolute atomic E-state index is 5.72. The largest absolute Gasteiger partial charge is 0.443 e. The fourth-order valence-corrected chi connectivity index (χ4v) is 1.66. The zero-order chi connectivity index (χ0) is 8.39. The Bertz CT molecular complexity index is 357. The van der Waals surface area contributed by atoms with Crippen molar-refractivity contribution in [3.05, 3.63) is 28.9 Å².